The third kappa shape index (κ3) is 5.08. The fourth-order valence-corrected chi connectivity index (χ4v) is 2.28. The van der Waals surface area contributed by atoms with Crippen LogP contribution in [0.25, 0.3) is 0 Å². The third-order valence-corrected chi connectivity index (χ3v) is 3.65. The topological polar surface area (TPSA) is 65.2 Å². The van der Waals surface area contributed by atoms with Crippen LogP contribution in [-0.2, 0) is 21.7 Å². The molecule has 1 heterocycles. The molecular formula is C12H20N2O3S. The highest BCUT2D eigenvalue weighted by molar-refractivity contribution is 7.98. The zero-order valence-corrected chi connectivity index (χ0v) is 12.0. The lowest BCUT2D eigenvalue weighted by Gasteiger charge is -2.06. The van der Waals surface area contributed by atoms with Gasteiger partial charge in [-0.05, 0) is 6.42 Å². The van der Waals surface area contributed by atoms with Crippen molar-refractivity contribution in [3.8, 4) is 0 Å². The molecule has 1 unspecified atom stereocenters. The summed E-state index contributed by atoms with van der Waals surface area (Å²) >= 11 is 1.60. The Morgan fingerprint density at radius 1 is 1.56 bits per heavy atom. The van der Waals surface area contributed by atoms with Crippen molar-refractivity contribution in [2.45, 2.75) is 38.9 Å². The van der Waals surface area contributed by atoms with Gasteiger partial charge in [-0.2, -0.15) is 16.7 Å². The first kappa shape index (κ1) is 15.0. The van der Waals surface area contributed by atoms with Crippen LogP contribution in [-0.4, -0.2) is 29.0 Å². The van der Waals surface area contributed by atoms with E-state index < -0.39 is 0 Å². The summed E-state index contributed by atoms with van der Waals surface area (Å²) < 4.78 is 9.79. The van der Waals surface area contributed by atoms with E-state index in [1.165, 1.54) is 7.11 Å². The van der Waals surface area contributed by atoms with Crippen molar-refractivity contribution in [3.05, 3.63) is 11.7 Å². The molecule has 0 bridgehead atoms. The van der Waals surface area contributed by atoms with Crippen LogP contribution < -0.4 is 0 Å². The number of methoxy groups -OCH3 is 1. The fraction of sp³-hybridized carbons (Fsp3) is 0.750. The number of thioether (sulfide) groups is 1. The molecule has 0 aliphatic carbocycles. The predicted molar refractivity (Wildman–Crippen MR) is 70.3 cm³/mol. The molecule has 0 aliphatic heterocycles. The van der Waals surface area contributed by atoms with Crippen molar-refractivity contribution < 1.29 is 14.1 Å². The predicted octanol–water partition coefficient (Wildman–Crippen LogP) is 2.45. The second-order valence-corrected chi connectivity index (χ2v) is 5.18. The zero-order valence-electron chi connectivity index (χ0n) is 11.1. The Labute approximate surface area is 112 Å². The van der Waals surface area contributed by atoms with E-state index in [0.29, 0.717) is 17.4 Å². The smallest absolute Gasteiger partial charge is 0.309 e. The summed E-state index contributed by atoms with van der Waals surface area (Å²) in [4.78, 5) is 15.5. The van der Waals surface area contributed by atoms with Gasteiger partial charge in [0, 0.05) is 12.2 Å². The molecule has 0 aliphatic rings. The lowest BCUT2D eigenvalue weighted by Crippen LogP contribution is -2.14. The summed E-state index contributed by atoms with van der Waals surface area (Å²) in [6.45, 7) is 3.98. The van der Waals surface area contributed by atoms with Gasteiger partial charge in [-0.1, -0.05) is 25.4 Å². The van der Waals surface area contributed by atoms with Gasteiger partial charge in [-0.3, -0.25) is 4.79 Å². The summed E-state index contributed by atoms with van der Waals surface area (Å²) in [5.41, 5.74) is 0. The number of aromatic nitrogens is 2. The maximum Gasteiger partial charge on any atom is 0.309 e. The first-order valence-corrected chi connectivity index (χ1v) is 7.29. The summed E-state index contributed by atoms with van der Waals surface area (Å²) in [5, 5.41) is 3.91. The number of carbonyl (C=O) groups is 1. The molecule has 1 aromatic heterocycles. The van der Waals surface area contributed by atoms with Gasteiger partial charge in [0.15, 0.2) is 5.82 Å². The molecule has 0 saturated carbocycles. The van der Waals surface area contributed by atoms with Gasteiger partial charge in [0.1, 0.15) is 0 Å². The molecule has 6 heteroatoms. The summed E-state index contributed by atoms with van der Waals surface area (Å²) in [7, 11) is 1.40. The maximum atomic E-state index is 11.2. The number of rotatable bonds is 8. The van der Waals surface area contributed by atoms with Crippen LogP contribution in [0.4, 0.5) is 0 Å². The SMILES string of the molecule is CCCCc1noc(CSCC(C)C(=O)OC)n1. The van der Waals surface area contributed by atoms with Gasteiger partial charge in [-0.15, -0.1) is 0 Å². The van der Waals surface area contributed by atoms with Crippen LogP contribution >= 0.6 is 11.8 Å². The minimum atomic E-state index is -0.184. The molecule has 1 atom stereocenters. The Morgan fingerprint density at radius 3 is 3.00 bits per heavy atom. The van der Waals surface area contributed by atoms with Crippen LogP contribution in [0.2, 0.25) is 0 Å². The Hall–Kier alpha value is -1.04. The minimum absolute atomic E-state index is 0.109. The third-order valence-electron chi connectivity index (χ3n) is 2.46. The van der Waals surface area contributed by atoms with Gasteiger partial charge in [-0.25, -0.2) is 0 Å². The van der Waals surface area contributed by atoms with Gasteiger partial charge in [0.05, 0.1) is 18.8 Å². The van der Waals surface area contributed by atoms with Crippen LogP contribution in [0, 0.1) is 5.92 Å². The van der Waals surface area contributed by atoms with Gasteiger partial charge < -0.3 is 9.26 Å². The summed E-state index contributed by atoms with van der Waals surface area (Å²) in [6.07, 6.45) is 3.06. The molecule has 18 heavy (non-hydrogen) atoms. The number of hydrogen-bond donors (Lipinski definition) is 0. The lowest BCUT2D eigenvalue weighted by molar-refractivity contribution is -0.143. The van der Waals surface area contributed by atoms with Crippen LogP contribution in [0.3, 0.4) is 0 Å². The highest BCUT2D eigenvalue weighted by atomic mass is 32.2. The normalized spacial score (nSPS) is 12.4. The second kappa shape index (κ2) is 8.13. The molecule has 0 radical (unpaired) electrons. The lowest BCUT2D eigenvalue weighted by atomic mass is 10.2. The molecule has 1 aromatic rings. The highest BCUT2D eigenvalue weighted by Gasteiger charge is 2.14. The average Bonchev–Trinajstić information content (AvgIpc) is 2.83. The van der Waals surface area contributed by atoms with E-state index in [9.17, 15) is 4.79 Å². The average molecular weight is 272 g/mol. The van der Waals surface area contributed by atoms with Gasteiger partial charge >= 0.3 is 5.97 Å². The Balaban J connectivity index is 2.26. The molecule has 0 saturated heterocycles. The number of unbranched alkanes of at least 4 members (excludes halogenated alkanes) is 1. The van der Waals surface area contributed by atoms with E-state index in [1.54, 1.807) is 11.8 Å². The van der Waals surface area contributed by atoms with E-state index in [0.717, 1.165) is 25.1 Å². The van der Waals surface area contributed by atoms with Crippen molar-refractivity contribution >= 4 is 17.7 Å². The van der Waals surface area contributed by atoms with Gasteiger partial charge in [0.2, 0.25) is 5.89 Å². The number of nitrogens with zero attached hydrogens (tertiary/aromatic N) is 2. The maximum absolute atomic E-state index is 11.2. The van der Waals surface area contributed by atoms with Crippen molar-refractivity contribution in [2.75, 3.05) is 12.9 Å². The minimum Gasteiger partial charge on any atom is -0.469 e. The Morgan fingerprint density at radius 2 is 2.33 bits per heavy atom. The fourth-order valence-electron chi connectivity index (χ4n) is 1.38. The first-order valence-electron chi connectivity index (χ1n) is 6.14. The molecule has 0 N–H and O–H groups in total. The molecule has 0 amide bonds. The largest absolute Gasteiger partial charge is 0.469 e. The standard InChI is InChI=1S/C12H20N2O3S/c1-4-5-6-10-13-11(17-14-10)8-18-7-9(2)12(15)16-3/h9H,4-8H2,1-3H3. The summed E-state index contributed by atoms with van der Waals surface area (Å²) in [5.74, 6) is 2.44. The number of carbonyl (C=O) groups excluding carboxylic acids is 1. The molecule has 1 rings (SSSR count). The van der Waals surface area contributed by atoms with E-state index in [1.807, 2.05) is 6.92 Å². The molecule has 0 spiro atoms. The van der Waals surface area contributed by atoms with Crippen molar-refractivity contribution in [2.24, 2.45) is 5.92 Å². The summed E-state index contributed by atoms with van der Waals surface area (Å²) in [6, 6.07) is 0. The molecule has 5 nitrogen and oxygen atoms in total. The van der Waals surface area contributed by atoms with E-state index >= 15 is 0 Å². The van der Waals surface area contributed by atoms with Gasteiger partial charge in [0.25, 0.3) is 0 Å². The first-order chi connectivity index (χ1) is 8.67. The molecular weight excluding hydrogens is 252 g/mol. The monoisotopic (exact) mass is 272 g/mol. The quantitative estimate of drug-likeness (QED) is 0.677. The zero-order chi connectivity index (χ0) is 13.4. The Bertz CT molecular complexity index is 368. The van der Waals surface area contributed by atoms with Crippen LogP contribution in [0.15, 0.2) is 4.52 Å². The van der Waals surface area contributed by atoms with E-state index in [-0.39, 0.29) is 11.9 Å². The second-order valence-electron chi connectivity index (χ2n) is 4.15. The van der Waals surface area contributed by atoms with Crippen LogP contribution in [0.5, 0.6) is 0 Å². The highest BCUT2D eigenvalue weighted by Crippen LogP contribution is 2.15. The number of aryl methyl sites for hydroxylation is 1. The number of ether oxygens (including phenoxy) is 1. The van der Waals surface area contributed by atoms with E-state index in [4.69, 9.17) is 4.52 Å². The number of hydrogen-bond acceptors (Lipinski definition) is 6. The molecule has 0 fully saturated rings. The number of esters is 1. The molecule has 102 valence electrons. The van der Waals surface area contributed by atoms with Crippen molar-refractivity contribution in [1.82, 2.24) is 10.1 Å². The Kier molecular flexibility index (Phi) is 6.78. The van der Waals surface area contributed by atoms with Crippen LogP contribution in [0.1, 0.15) is 38.4 Å². The van der Waals surface area contributed by atoms with Crippen molar-refractivity contribution in [1.29, 1.82) is 0 Å². The van der Waals surface area contributed by atoms with Crippen molar-refractivity contribution in [3.63, 3.8) is 0 Å². The molecule has 0 aromatic carbocycles. The van der Waals surface area contributed by atoms with E-state index in [2.05, 4.69) is 21.8 Å².